The summed E-state index contributed by atoms with van der Waals surface area (Å²) in [5.41, 5.74) is 11.8. The Bertz CT molecular complexity index is 2580. The smallest absolute Gasteiger partial charge is 0.227 e. The molecular formula is C43H27FN2O. The number of rotatable bonds is 5. The molecule has 0 radical (unpaired) electrons. The van der Waals surface area contributed by atoms with Crippen molar-refractivity contribution in [1.82, 2.24) is 9.55 Å². The zero-order valence-corrected chi connectivity index (χ0v) is 25.3. The van der Waals surface area contributed by atoms with Crippen molar-refractivity contribution in [2.45, 2.75) is 0 Å². The number of halogens is 1. The van der Waals surface area contributed by atoms with Gasteiger partial charge in [-0.05, 0) is 88.0 Å². The molecule has 7 aromatic carbocycles. The van der Waals surface area contributed by atoms with Crippen LogP contribution in [0, 0.1) is 5.82 Å². The van der Waals surface area contributed by atoms with Crippen LogP contribution < -0.4 is 0 Å². The molecule has 2 aromatic heterocycles. The summed E-state index contributed by atoms with van der Waals surface area (Å²) < 4.78 is 22.5. The molecule has 9 aromatic rings. The van der Waals surface area contributed by atoms with Gasteiger partial charge >= 0.3 is 0 Å². The van der Waals surface area contributed by atoms with Crippen LogP contribution in [-0.2, 0) is 0 Å². The van der Waals surface area contributed by atoms with Gasteiger partial charge < -0.3 is 8.98 Å². The highest BCUT2D eigenvalue weighted by atomic mass is 19.1. The number of para-hydroxylation sites is 3. The van der Waals surface area contributed by atoms with Gasteiger partial charge in [-0.15, -0.1) is 0 Å². The number of oxazole rings is 1. The molecule has 2 heterocycles. The molecule has 3 nitrogen and oxygen atoms in total. The van der Waals surface area contributed by atoms with Crippen molar-refractivity contribution in [2.24, 2.45) is 0 Å². The van der Waals surface area contributed by atoms with Gasteiger partial charge in [0.2, 0.25) is 5.89 Å². The normalized spacial score (nSPS) is 11.5. The van der Waals surface area contributed by atoms with Gasteiger partial charge in [-0.25, -0.2) is 9.37 Å². The first-order valence-corrected chi connectivity index (χ1v) is 15.7. The Balaban J connectivity index is 1.14. The van der Waals surface area contributed by atoms with Gasteiger partial charge in [-0.1, -0.05) is 109 Å². The maximum absolute atomic E-state index is 14.3. The summed E-state index contributed by atoms with van der Waals surface area (Å²) in [4.78, 5) is 4.41. The van der Waals surface area contributed by atoms with Crippen molar-refractivity contribution in [3.8, 4) is 50.5 Å². The SMILES string of the molecule is Fc1cccc2oc(-c3ccc(-c4ccccc4-c4ccccc4-c4ccc5c(c4)c4ccccc4n5-c4ccccc4)cc3)nc12. The third-order valence-corrected chi connectivity index (χ3v) is 8.95. The molecule has 0 saturated carbocycles. The standard InChI is InChI=1S/C43H27FN2O/c44-38-18-10-20-41-42(38)45-43(47-41)29-23-21-28(22-24-29)32-13-4-6-15-34(32)35-16-7-5-14-33(35)30-25-26-40-37(27-30)36-17-8-9-19-39(36)46(40)31-11-2-1-3-12-31/h1-27H. The molecule has 0 N–H and O–H groups in total. The Labute approximate surface area is 270 Å². The van der Waals surface area contributed by atoms with Gasteiger partial charge in [0.25, 0.3) is 0 Å². The van der Waals surface area contributed by atoms with Crippen molar-refractivity contribution in [1.29, 1.82) is 0 Å². The first-order chi connectivity index (χ1) is 23.2. The van der Waals surface area contributed by atoms with E-state index < -0.39 is 0 Å². The number of aromatic nitrogens is 2. The summed E-state index contributed by atoms with van der Waals surface area (Å²) in [6, 6.07) is 56.0. The lowest BCUT2D eigenvalue weighted by Gasteiger charge is -2.15. The second-order valence-corrected chi connectivity index (χ2v) is 11.7. The van der Waals surface area contributed by atoms with E-state index in [0.717, 1.165) is 39.1 Å². The fourth-order valence-electron chi connectivity index (χ4n) is 6.77. The van der Waals surface area contributed by atoms with Gasteiger partial charge in [0.1, 0.15) is 5.52 Å². The largest absolute Gasteiger partial charge is 0.436 e. The van der Waals surface area contributed by atoms with Crippen LogP contribution in [0.4, 0.5) is 4.39 Å². The average molecular weight is 607 g/mol. The monoisotopic (exact) mass is 606 g/mol. The predicted octanol–water partition coefficient (Wildman–Crippen LogP) is 11.7. The van der Waals surface area contributed by atoms with E-state index in [1.165, 1.54) is 33.4 Å². The molecule has 0 aliphatic carbocycles. The number of benzene rings is 7. The molecule has 0 atom stereocenters. The molecule has 0 amide bonds. The van der Waals surface area contributed by atoms with Gasteiger partial charge in [-0.2, -0.15) is 0 Å². The third-order valence-electron chi connectivity index (χ3n) is 8.95. The summed E-state index contributed by atoms with van der Waals surface area (Å²) in [6.45, 7) is 0. The maximum Gasteiger partial charge on any atom is 0.227 e. The fourth-order valence-corrected chi connectivity index (χ4v) is 6.77. The lowest BCUT2D eigenvalue weighted by atomic mass is 9.89. The maximum atomic E-state index is 14.3. The van der Waals surface area contributed by atoms with E-state index >= 15 is 0 Å². The van der Waals surface area contributed by atoms with Crippen molar-refractivity contribution in [2.75, 3.05) is 0 Å². The number of hydrogen-bond donors (Lipinski definition) is 0. The predicted molar refractivity (Wildman–Crippen MR) is 190 cm³/mol. The van der Waals surface area contributed by atoms with E-state index in [-0.39, 0.29) is 11.3 Å². The number of fused-ring (bicyclic) bond motifs is 4. The number of nitrogens with zero attached hydrogens (tertiary/aromatic N) is 2. The molecule has 222 valence electrons. The summed E-state index contributed by atoms with van der Waals surface area (Å²) in [6.07, 6.45) is 0. The topological polar surface area (TPSA) is 31.0 Å². The van der Waals surface area contributed by atoms with Crippen molar-refractivity contribution in [3.05, 3.63) is 170 Å². The Morgan fingerprint density at radius 2 is 1.06 bits per heavy atom. The molecule has 47 heavy (non-hydrogen) atoms. The van der Waals surface area contributed by atoms with Gasteiger partial charge in [0.05, 0.1) is 11.0 Å². The lowest BCUT2D eigenvalue weighted by molar-refractivity contribution is 0.617. The molecule has 0 fully saturated rings. The second-order valence-electron chi connectivity index (χ2n) is 11.7. The highest BCUT2D eigenvalue weighted by Crippen LogP contribution is 2.41. The Morgan fingerprint density at radius 1 is 0.468 bits per heavy atom. The minimum atomic E-state index is -0.386. The summed E-state index contributed by atoms with van der Waals surface area (Å²) in [5.74, 6) is 0.0158. The average Bonchev–Trinajstić information content (AvgIpc) is 3.73. The van der Waals surface area contributed by atoms with Crippen LogP contribution in [0.15, 0.2) is 168 Å². The van der Waals surface area contributed by atoms with Crippen LogP contribution in [0.3, 0.4) is 0 Å². The van der Waals surface area contributed by atoms with Crippen molar-refractivity contribution in [3.63, 3.8) is 0 Å². The van der Waals surface area contributed by atoms with Gasteiger partial charge in [-0.3, -0.25) is 0 Å². The van der Waals surface area contributed by atoms with Crippen LogP contribution in [0.5, 0.6) is 0 Å². The molecule has 4 heteroatoms. The molecule has 0 aliphatic heterocycles. The molecule has 0 bridgehead atoms. The molecule has 0 spiro atoms. The van der Waals surface area contributed by atoms with Crippen molar-refractivity contribution >= 4 is 32.9 Å². The minimum absolute atomic E-state index is 0.247. The second kappa shape index (κ2) is 11.0. The molecule has 0 unspecified atom stereocenters. The zero-order valence-electron chi connectivity index (χ0n) is 25.3. The lowest BCUT2D eigenvalue weighted by Crippen LogP contribution is -1.93. The number of hydrogen-bond acceptors (Lipinski definition) is 2. The van der Waals surface area contributed by atoms with E-state index in [1.807, 2.05) is 12.1 Å². The first kappa shape index (κ1) is 27.1. The molecular weight excluding hydrogens is 579 g/mol. The molecule has 0 aliphatic rings. The highest BCUT2D eigenvalue weighted by molar-refractivity contribution is 6.11. The highest BCUT2D eigenvalue weighted by Gasteiger charge is 2.17. The van der Waals surface area contributed by atoms with E-state index in [2.05, 4.69) is 143 Å². The van der Waals surface area contributed by atoms with E-state index in [1.54, 1.807) is 12.1 Å². The van der Waals surface area contributed by atoms with Crippen LogP contribution in [0.1, 0.15) is 0 Å². The minimum Gasteiger partial charge on any atom is -0.436 e. The van der Waals surface area contributed by atoms with E-state index in [0.29, 0.717) is 11.5 Å². The Hall–Kier alpha value is -6.26. The Morgan fingerprint density at radius 3 is 1.81 bits per heavy atom. The third kappa shape index (κ3) is 4.53. The Kier molecular flexibility index (Phi) is 6.32. The van der Waals surface area contributed by atoms with Gasteiger partial charge in [0.15, 0.2) is 11.4 Å². The molecule has 0 saturated heterocycles. The summed E-state index contributed by atoms with van der Waals surface area (Å²) in [5, 5.41) is 2.45. The van der Waals surface area contributed by atoms with Crippen molar-refractivity contribution < 1.29 is 8.81 Å². The summed E-state index contributed by atoms with van der Waals surface area (Å²) >= 11 is 0. The van der Waals surface area contributed by atoms with Crippen LogP contribution in [0.25, 0.3) is 83.4 Å². The zero-order chi connectivity index (χ0) is 31.3. The fraction of sp³-hybridized carbons (Fsp3) is 0. The van der Waals surface area contributed by atoms with Crippen LogP contribution in [0.2, 0.25) is 0 Å². The van der Waals surface area contributed by atoms with E-state index in [4.69, 9.17) is 4.42 Å². The van der Waals surface area contributed by atoms with Gasteiger partial charge in [0, 0.05) is 22.0 Å². The van der Waals surface area contributed by atoms with Crippen LogP contribution in [-0.4, -0.2) is 9.55 Å². The molecule has 9 rings (SSSR count). The summed E-state index contributed by atoms with van der Waals surface area (Å²) in [7, 11) is 0. The first-order valence-electron chi connectivity index (χ1n) is 15.7. The van der Waals surface area contributed by atoms with E-state index in [9.17, 15) is 4.39 Å². The quantitative estimate of drug-likeness (QED) is 0.195. The van der Waals surface area contributed by atoms with Crippen LogP contribution >= 0.6 is 0 Å².